The SMILES string of the molecule is CC[C@@]1(C)C[C@@H](c2ccc(F)c(F)c2OC)[C@H](C(=O)Nc2ccnc(C(C)=O)c2)O1. The summed E-state index contributed by atoms with van der Waals surface area (Å²) in [6, 6.07) is 5.48. The second kappa shape index (κ2) is 8.47. The van der Waals surface area contributed by atoms with E-state index in [1.54, 1.807) is 6.07 Å². The van der Waals surface area contributed by atoms with Gasteiger partial charge in [0.2, 0.25) is 5.82 Å². The van der Waals surface area contributed by atoms with E-state index < -0.39 is 35.2 Å². The fraction of sp³-hybridized carbons (Fsp3) is 0.409. The number of ether oxygens (including phenoxy) is 2. The Morgan fingerprint density at radius 2 is 2.07 bits per heavy atom. The molecule has 0 unspecified atom stereocenters. The lowest BCUT2D eigenvalue weighted by atomic mass is 9.85. The number of nitrogens with one attached hydrogen (secondary N) is 1. The Labute approximate surface area is 173 Å². The molecule has 1 amide bonds. The normalized spacial score (nSPS) is 23.3. The van der Waals surface area contributed by atoms with Crippen molar-refractivity contribution in [1.82, 2.24) is 4.98 Å². The highest BCUT2D eigenvalue weighted by atomic mass is 19.2. The van der Waals surface area contributed by atoms with Crippen LogP contribution in [0.5, 0.6) is 5.75 Å². The number of benzene rings is 1. The maximum Gasteiger partial charge on any atom is 0.254 e. The largest absolute Gasteiger partial charge is 0.493 e. The predicted octanol–water partition coefficient (Wildman–Crippen LogP) is 4.25. The average molecular weight is 418 g/mol. The molecule has 1 aromatic heterocycles. The summed E-state index contributed by atoms with van der Waals surface area (Å²) < 4.78 is 39.2. The summed E-state index contributed by atoms with van der Waals surface area (Å²) in [5.41, 5.74) is 0.362. The number of pyridine rings is 1. The monoisotopic (exact) mass is 418 g/mol. The summed E-state index contributed by atoms with van der Waals surface area (Å²) in [7, 11) is 1.26. The molecule has 1 fully saturated rings. The van der Waals surface area contributed by atoms with Crippen molar-refractivity contribution in [2.45, 2.75) is 51.2 Å². The fourth-order valence-electron chi connectivity index (χ4n) is 3.71. The van der Waals surface area contributed by atoms with Gasteiger partial charge < -0.3 is 14.8 Å². The molecule has 3 rings (SSSR count). The Hall–Kier alpha value is -2.87. The fourth-order valence-corrected chi connectivity index (χ4v) is 3.71. The third-order valence-corrected chi connectivity index (χ3v) is 5.51. The minimum absolute atomic E-state index is 0.220. The van der Waals surface area contributed by atoms with Crippen LogP contribution in [0.4, 0.5) is 14.5 Å². The van der Waals surface area contributed by atoms with Crippen molar-refractivity contribution in [2.24, 2.45) is 0 Å². The second-order valence-electron chi connectivity index (χ2n) is 7.61. The highest BCUT2D eigenvalue weighted by Crippen LogP contribution is 2.46. The minimum Gasteiger partial charge on any atom is -0.493 e. The Kier molecular flexibility index (Phi) is 6.17. The van der Waals surface area contributed by atoms with E-state index in [9.17, 15) is 18.4 Å². The van der Waals surface area contributed by atoms with Gasteiger partial charge in [0.25, 0.3) is 5.91 Å². The molecule has 1 N–H and O–H groups in total. The number of anilines is 1. The molecule has 0 aliphatic carbocycles. The van der Waals surface area contributed by atoms with Crippen molar-refractivity contribution in [2.75, 3.05) is 12.4 Å². The second-order valence-corrected chi connectivity index (χ2v) is 7.61. The van der Waals surface area contributed by atoms with Gasteiger partial charge in [0, 0.05) is 30.3 Å². The minimum atomic E-state index is -1.10. The maximum absolute atomic E-state index is 14.3. The predicted molar refractivity (Wildman–Crippen MR) is 107 cm³/mol. The van der Waals surface area contributed by atoms with Crippen LogP contribution in [0.2, 0.25) is 0 Å². The molecule has 30 heavy (non-hydrogen) atoms. The summed E-state index contributed by atoms with van der Waals surface area (Å²) in [5.74, 6) is -3.59. The lowest BCUT2D eigenvalue weighted by molar-refractivity contribution is -0.131. The highest BCUT2D eigenvalue weighted by Gasteiger charge is 2.47. The van der Waals surface area contributed by atoms with Crippen LogP contribution in [0, 0.1) is 11.6 Å². The molecule has 0 saturated carbocycles. The summed E-state index contributed by atoms with van der Waals surface area (Å²) in [6.45, 7) is 5.19. The molecule has 3 atom stereocenters. The van der Waals surface area contributed by atoms with Crippen molar-refractivity contribution in [3.05, 3.63) is 53.4 Å². The van der Waals surface area contributed by atoms with Crippen molar-refractivity contribution in [3.8, 4) is 5.75 Å². The number of rotatable bonds is 6. The van der Waals surface area contributed by atoms with E-state index in [1.807, 2.05) is 13.8 Å². The van der Waals surface area contributed by atoms with Gasteiger partial charge in [0.1, 0.15) is 11.8 Å². The quantitative estimate of drug-likeness (QED) is 0.710. The van der Waals surface area contributed by atoms with Crippen LogP contribution in [0.25, 0.3) is 0 Å². The van der Waals surface area contributed by atoms with Gasteiger partial charge in [-0.05, 0) is 38.0 Å². The number of methoxy groups -OCH3 is 1. The van der Waals surface area contributed by atoms with Gasteiger partial charge in [0.15, 0.2) is 17.3 Å². The number of carbonyl (C=O) groups is 2. The molecule has 1 saturated heterocycles. The Morgan fingerprint density at radius 3 is 2.70 bits per heavy atom. The van der Waals surface area contributed by atoms with Crippen LogP contribution >= 0.6 is 0 Å². The molecule has 1 aliphatic heterocycles. The van der Waals surface area contributed by atoms with E-state index in [1.165, 1.54) is 32.4 Å². The van der Waals surface area contributed by atoms with Gasteiger partial charge in [-0.15, -0.1) is 0 Å². The first-order chi connectivity index (χ1) is 14.2. The zero-order chi connectivity index (χ0) is 22.1. The van der Waals surface area contributed by atoms with Gasteiger partial charge >= 0.3 is 0 Å². The maximum atomic E-state index is 14.3. The topological polar surface area (TPSA) is 77.5 Å². The Bertz CT molecular complexity index is 982. The van der Waals surface area contributed by atoms with E-state index in [0.717, 1.165) is 6.07 Å². The van der Waals surface area contributed by atoms with E-state index in [2.05, 4.69) is 10.3 Å². The molecular formula is C22H24F2N2O4. The zero-order valence-corrected chi connectivity index (χ0v) is 17.3. The molecule has 0 radical (unpaired) electrons. The van der Waals surface area contributed by atoms with Crippen LogP contribution in [-0.4, -0.2) is 35.5 Å². The van der Waals surface area contributed by atoms with E-state index in [4.69, 9.17) is 9.47 Å². The molecule has 2 aromatic rings. The summed E-state index contributed by atoms with van der Waals surface area (Å²) in [4.78, 5) is 28.6. The molecule has 160 valence electrons. The third kappa shape index (κ3) is 4.18. The number of halogens is 2. The number of aromatic nitrogens is 1. The van der Waals surface area contributed by atoms with Crippen molar-refractivity contribution in [3.63, 3.8) is 0 Å². The molecule has 1 aromatic carbocycles. The number of nitrogens with zero attached hydrogens (tertiary/aromatic N) is 1. The third-order valence-electron chi connectivity index (χ3n) is 5.51. The number of amides is 1. The number of hydrogen-bond acceptors (Lipinski definition) is 5. The van der Waals surface area contributed by atoms with Crippen molar-refractivity contribution in [1.29, 1.82) is 0 Å². The number of hydrogen-bond donors (Lipinski definition) is 1. The first-order valence-corrected chi connectivity index (χ1v) is 9.66. The summed E-state index contributed by atoms with van der Waals surface area (Å²) in [6.07, 6.45) is 1.53. The van der Waals surface area contributed by atoms with Crippen molar-refractivity contribution < 1.29 is 27.8 Å². The lowest BCUT2D eigenvalue weighted by Gasteiger charge is -2.22. The van der Waals surface area contributed by atoms with Gasteiger partial charge in [0.05, 0.1) is 12.7 Å². The van der Waals surface area contributed by atoms with E-state index >= 15 is 0 Å². The van der Waals surface area contributed by atoms with Gasteiger partial charge in [-0.25, -0.2) is 4.39 Å². The number of Topliss-reactive ketones (excluding diaryl/α,β-unsaturated/α-hetero) is 1. The molecule has 6 nitrogen and oxygen atoms in total. The van der Waals surface area contributed by atoms with E-state index in [0.29, 0.717) is 24.1 Å². The average Bonchev–Trinajstić information content (AvgIpc) is 3.08. The number of ketones is 1. The summed E-state index contributed by atoms with van der Waals surface area (Å²) in [5, 5.41) is 2.74. The zero-order valence-electron chi connectivity index (χ0n) is 17.3. The van der Waals surface area contributed by atoms with Crippen LogP contribution in [-0.2, 0) is 9.53 Å². The van der Waals surface area contributed by atoms with Crippen LogP contribution in [0.15, 0.2) is 30.5 Å². The summed E-state index contributed by atoms with van der Waals surface area (Å²) >= 11 is 0. The number of carbonyl (C=O) groups excluding carboxylic acids is 2. The standard InChI is InChI=1S/C22H24F2N2O4/c1-5-22(3)11-15(14-6-7-16(23)18(24)19(14)29-4)20(30-22)21(28)26-13-8-9-25-17(10-13)12(2)27/h6-10,15,20H,5,11H2,1-4H3,(H,25,26,28)/t15-,20+,22-/m0/s1. The van der Waals surface area contributed by atoms with Gasteiger partial charge in [-0.3, -0.25) is 14.6 Å². The molecule has 0 bridgehead atoms. The first kappa shape index (κ1) is 21.8. The highest BCUT2D eigenvalue weighted by molar-refractivity contribution is 5.97. The Morgan fingerprint density at radius 1 is 1.33 bits per heavy atom. The van der Waals surface area contributed by atoms with Crippen LogP contribution in [0.1, 0.15) is 55.6 Å². The van der Waals surface area contributed by atoms with Crippen LogP contribution in [0.3, 0.4) is 0 Å². The first-order valence-electron chi connectivity index (χ1n) is 9.66. The van der Waals surface area contributed by atoms with Gasteiger partial charge in [-0.1, -0.05) is 13.0 Å². The van der Waals surface area contributed by atoms with Gasteiger partial charge in [-0.2, -0.15) is 4.39 Å². The smallest absolute Gasteiger partial charge is 0.254 e. The van der Waals surface area contributed by atoms with Crippen molar-refractivity contribution >= 4 is 17.4 Å². The molecular weight excluding hydrogens is 394 g/mol. The molecule has 8 heteroatoms. The Balaban J connectivity index is 1.95. The van der Waals surface area contributed by atoms with E-state index in [-0.39, 0.29) is 17.2 Å². The molecule has 0 spiro atoms. The molecule has 1 aliphatic rings. The van der Waals surface area contributed by atoms with Crippen LogP contribution < -0.4 is 10.1 Å². The molecule has 2 heterocycles. The lowest BCUT2D eigenvalue weighted by Crippen LogP contribution is -2.34.